The fourth-order valence-corrected chi connectivity index (χ4v) is 2.43. The molecule has 1 heterocycles. The van der Waals surface area contributed by atoms with Crippen LogP contribution in [-0.2, 0) is 4.79 Å². The Balaban J connectivity index is 2.05. The number of carbonyl (C=O) groups excluding carboxylic acids is 1. The van der Waals surface area contributed by atoms with Gasteiger partial charge in [0.15, 0.2) is 0 Å². The Morgan fingerprint density at radius 1 is 1.38 bits per heavy atom. The number of carbonyl (C=O) groups is 1. The third-order valence-corrected chi connectivity index (χ3v) is 4.50. The molecule has 0 saturated heterocycles. The van der Waals surface area contributed by atoms with Crippen molar-refractivity contribution in [3.63, 3.8) is 0 Å². The van der Waals surface area contributed by atoms with Crippen molar-refractivity contribution in [3.8, 4) is 6.07 Å². The Bertz CT molecular complexity index is 919. The van der Waals surface area contributed by atoms with E-state index in [1.807, 2.05) is 50.5 Å². The summed E-state index contributed by atoms with van der Waals surface area (Å²) < 4.78 is 1.88. The van der Waals surface area contributed by atoms with E-state index in [1.54, 1.807) is 18.2 Å². The summed E-state index contributed by atoms with van der Waals surface area (Å²) in [5.74, 6) is 0.256. The maximum Gasteiger partial charge on any atom is 0.230 e. The molecule has 1 N–H and O–H groups in total. The van der Waals surface area contributed by atoms with Crippen LogP contribution in [0.25, 0.3) is 16.7 Å². The van der Waals surface area contributed by atoms with Crippen LogP contribution in [0.2, 0.25) is 0 Å². The average molecular weight is 320 g/mol. The van der Waals surface area contributed by atoms with Crippen LogP contribution in [0.15, 0.2) is 36.4 Å². The Labute approximate surface area is 141 Å². The molecule has 5 nitrogen and oxygen atoms in total. The number of hydrogen-bond acceptors (Lipinski definition) is 3. The number of amides is 1. The van der Waals surface area contributed by atoms with Crippen LogP contribution in [0, 0.1) is 22.7 Å². The second-order valence-corrected chi connectivity index (χ2v) is 7.11. The van der Waals surface area contributed by atoms with E-state index >= 15 is 0 Å². The van der Waals surface area contributed by atoms with Gasteiger partial charge < -0.3 is 0 Å². The van der Waals surface area contributed by atoms with Gasteiger partial charge in [0.2, 0.25) is 11.9 Å². The Hall–Kier alpha value is -2.87. The second kappa shape index (κ2) is 5.64. The standard InChI is InChI=1S/C19H20N4O/c1-12(19(2,3)4)17(24)22-18-21-15-9-8-13(11-20)10-16(15)23(18)14-6-5-7-14/h5-10,12H,1-4H3,(H,21,22,24). The Morgan fingerprint density at radius 3 is 2.62 bits per heavy atom. The van der Waals surface area contributed by atoms with E-state index in [1.165, 1.54) is 0 Å². The lowest BCUT2D eigenvalue weighted by Gasteiger charge is -2.26. The maximum absolute atomic E-state index is 12.6. The van der Waals surface area contributed by atoms with Gasteiger partial charge in [0.05, 0.1) is 22.7 Å². The minimum absolute atomic E-state index is 0.0662. The van der Waals surface area contributed by atoms with Crippen LogP contribution < -0.4 is 5.32 Å². The highest BCUT2D eigenvalue weighted by Crippen LogP contribution is 2.30. The lowest BCUT2D eigenvalue weighted by atomic mass is 9.81. The molecule has 1 aromatic carbocycles. The molecular formula is C19H20N4O. The molecule has 0 saturated carbocycles. The summed E-state index contributed by atoms with van der Waals surface area (Å²) in [7, 11) is 0. The first-order valence-corrected chi connectivity index (χ1v) is 7.93. The van der Waals surface area contributed by atoms with Gasteiger partial charge in [0.25, 0.3) is 0 Å². The monoisotopic (exact) mass is 320 g/mol. The first-order valence-electron chi connectivity index (χ1n) is 7.93. The van der Waals surface area contributed by atoms with E-state index < -0.39 is 0 Å². The number of nitrogens with one attached hydrogen (secondary N) is 1. The highest BCUT2D eigenvalue weighted by Gasteiger charge is 2.28. The zero-order chi connectivity index (χ0) is 17.5. The van der Waals surface area contributed by atoms with E-state index in [0.717, 1.165) is 16.7 Å². The molecule has 2 aromatic rings. The summed E-state index contributed by atoms with van der Waals surface area (Å²) in [4.78, 5) is 17.1. The number of anilines is 1. The number of hydrogen-bond donors (Lipinski definition) is 1. The van der Waals surface area contributed by atoms with Gasteiger partial charge in [-0.05, 0) is 35.8 Å². The van der Waals surface area contributed by atoms with Gasteiger partial charge in [0.1, 0.15) is 0 Å². The molecule has 1 aliphatic rings. The summed E-state index contributed by atoms with van der Waals surface area (Å²) in [6.07, 6.45) is 5.82. The van der Waals surface area contributed by atoms with Crippen LogP contribution in [0.5, 0.6) is 0 Å². The fraction of sp³-hybridized carbons (Fsp3) is 0.316. The van der Waals surface area contributed by atoms with Crippen LogP contribution >= 0.6 is 0 Å². The summed E-state index contributed by atoms with van der Waals surface area (Å²) in [5, 5.41) is 12.1. The summed E-state index contributed by atoms with van der Waals surface area (Å²) in [6.45, 7) is 8.03. The zero-order valence-electron chi connectivity index (χ0n) is 14.3. The third-order valence-electron chi connectivity index (χ3n) is 4.50. The number of fused-ring (bicyclic) bond motifs is 1. The van der Waals surface area contributed by atoms with Crippen molar-refractivity contribution < 1.29 is 4.79 Å². The van der Waals surface area contributed by atoms with Crippen LogP contribution in [0.3, 0.4) is 0 Å². The summed E-state index contributed by atoms with van der Waals surface area (Å²) >= 11 is 0. The van der Waals surface area contributed by atoms with Crippen LogP contribution in [0.4, 0.5) is 5.95 Å². The van der Waals surface area contributed by atoms with Crippen LogP contribution in [0.1, 0.15) is 33.3 Å². The number of benzene rings is 1. The molecule has 1 amide bonds. The number of aromatic nitrogens is 2. The van der Waals surface area contributed by atoms with Gasteiger partial charge in [-0.15, -0.1) is 0 Å². The largest absolute Gasteiger partial charge is 0.295 e. The molecule has 5 heteroatoms. The van der Waals surface area contributed by atoms with E-state index in [2.05, 4.69) is 16.4 Å². The van der Waals surface area contributed by atoms with Crippen molar-refractivity contribution in [2.24, 2.45) is 11.3 Å². The average Bonchev–Trinajstić information content (AvgIpc) is 2.81. The number of nitriles is 1. The third kappa shape index (κ3) is 2.71. The molecule has 1 aromatic heterocycles. The van der Waals surface area contributed by atoms with E-state index in [9.17, 15) is 4.79 Å². The number of rotatable bonds is 3. The van der Waals surface area contributed by atoms with Crippen molar-refractivity contribution in [2.75, 3.05) is 5.32 Å². The predicted molar refractivity (Wildman–Crippen MR) is 95.1 cm³/mol. The Morgan fingerprint density at radius 2 is 2.08 bits per heavy atom. The van der Waals surface area contributed by atoms with Crippen molar-refractivity contribution in [3.05, 3.63) is 42.0 Å². The number of allylic oxidation sites excluding steroid dienone is 4. The Kier molecular flexibility index (Phi) is 3.76. The van der Waals surface area contributed by atoms with Crippen molar-refractivity contribution in [2.45, 2.75) is 27.7 Å². The molecule has 0 spiro atoms. The van der Waals surface area contributed by atoms with Gasteiger partial charge in [-0.3, -0.25) is 14.7 Å². The molecule has 24 heavy (non-hydrogen) atoms. The lowest BCUT2D eigenvalue weighted by molar-refractivity contribution is -0.122. The van der Waals surface area contributed by atoms with Gasteiger partial charge >= 0.3 is 0 Å². The SMILES string of the molecule is CC(C(=O)Nc1nc2ccc(C#N)cc2n1C1=CC=C1)C(C)(C)C. The highest BCUT2D eigenvalue weighted by molar-refractivity contribution is 5.96. The molecule has 0 aliphatic heterocycles. The van der Waals surface area contributed by atoms with Crippen molar-refractivity contribution >= 4 is 28.6 Å². The highest BCUT2D eigenvalue weighted by atomic mass is 16.2. The summed E-state index contributed by atoms with van der Waals surface area (Å²) in [5.41, 5.74) is 2.92. The first-order chi connectivity index (χ1) is 11.3. The fourth-order valence-electron chi connectivity index (χ4n) is 2.43. The van der Waals surface area contributed by atoms with Crippen molar-refractivity contribution in [1.82, 2.24) is 9.55 Å². The second-order valence-electron chi connectivity index (χ2n) is 7.11. The topological polar surface area (TPSA) is 70.7 Å². The zero-order valence-corrected chi connectivity index (χ0v) is 14.3. The molecule has 0 fully saturated rings. The summed E-state index contributed by atoms with van der Waals surface area (Å²) in [6, 6.07) is 7.47. The van der Waals surface area contributed by atoms with Gasteiger partial charge in [-0.25, -0.2) is 4.98 Å². The minimum atomic E-state index is -0.161. The van der Waals surface area contributed by atoms with E-state index in [4.69, 9.17) is 5.26 Å². The molecule has 1 aliphatic carbocycles. The van der Waals surface area contributed by atoms with E-state index in [-0.39, 0.29) is 17.2 Å². The molecule has 1 unspecified atom stereocenters. The maximum atomic E-state index is 12.6. The molecule has 3 rings (SSSR count). The number of nitrogens with zero attached hydrogens (tertiary/aromatic N) is 3. The number of imidazole rings is 1. The molecule has 122 valence electrons. The minimum Gasteiger partial charge on any atom is -0.295 e. The molecular weight excluding hydrogens is 300 g/mol. The smallest absolute Gasteiger partial charge is 0.230 e. The normalized spacial score (nSPS) is 14.7. The lowest BCUT2D eigenvalue weighted by Crippen LogP contribution is -2.31. The van der Waals surface area contributed by atoms with Crippen molar-refractivity contribution in [1.29, 1.82) is 5.26 Å². The van der Waals surface area contributed by atoms with Gasteiger partial charge in [-0.2, -0.15) is 5.26 Å². The quantitative estimate of drug-likeness (QED) is 0.931. The first kappa shape index (κ1) is 16.0. The molecule has 1 atom stereocenters. The molecule has 0 bridgehead atoms. The predicted octanol–water partition coefficient (Wildman–Crippen LogP) is 3.94. The van der Waals surface area contributed by atoms with Crippen LogP contribution in [-0.4, -0.2) is 15.5 Å². The van der Waals surface area contributed by atoms with E-state index in [0.29, 0.717) is 11.5 Å². The molecule has 0 radical (unpaired) electrons. The van der Waals surface area contributed by atoms with Gasteiger partial charge in [0, 0.05) is 11.6 Å². The van der Waals surface area contributed by atoms with Gasteiger partial charge in [-0.1, -0.05) is 33.8 Å².